The SMILES string of the molecule is Cc1cc(C)cc(C(=O)N2CCCC(C(=O)N3CCC(C(=O)O)C(C)C3)C2)c1. The molecule has 0 aromatic heterocycles. The highest BCUT2D eigenvalue weighted by Gasteiger charge is 2.37. The van der Waals surface area contributed by atoms with Crippen molar-refractivity contribution in [1.29, 1.82) is 0 Å². The number of hydrogen-bond donors (Lipinski definition) is 1. The number of benzene rings is 1. The number of nitrogens with zero attached hydrogens (tertiary/aromatic N) is 2. The lowest BCUT2D eigenvalue weighted by Gasteiger charge is -2.39. The lowest BCUT2D eigenvalue weighted by atomic mass is 9.86. The van der Waals surface area contributed by atoms with Gasteiger partial charge in [-0.25, -0.2) is 0 Å². The summed E-state index contributed by atoms with van der Waals surface area (Å²) < 4.78 is 0. The van der Waals surface area contributed by atoms with Gasteiger partial charge >= 0.3 is 5.97 Å². The molecule has 3 unspecified atom stereocenters. The van der Waals surface area contributed by atoms with E-state index in [9.17, 15) is 19.5 Å². The molecule has 6 heteroatoms. The first-order chi connectivity index (χ1) is 13.3. The van der Waals surface area contributed by atoms with Crippen molar-refractivity contribution in [2.45, 2.75) is 40.0 Å². The van der Waals surface area contributed by atoms with E-state index < -0.39 is 5.97 Å². The first-order valence-corrected chi connectivity index (χ1v) is 10.2. The molecule has 2 amide bonds. The highest BCUT2D eigenvalue weighted by molar-refractivity contribution is 5.95. The van der Waals surface area contributed by atoms with E-state index in [0.717, 1.165) is 24.0 Å². The van der Waals surface area contributed by atoms with Gasteiger partial charge in [-0.15, -0.1) is 0 Å². The molecular formula is C22H30N2O4. The number of hydrogen-bond acceptors (Lipinski definition) is 3. The number of likely N-dealkylation sites (tertiary alicyclic amines) is 2. The number of aliphatic carboxylic acids is 1. The fraction of sp³-hybridized carbons (Fsp3) is 0.591. The van der Waals surface area contributed by atoms with E-state index in [1.165, 1.54) is 0 Å². The number of rotatable bonds is 3. The van der Waals surface area contributed by atoms with E-state index in [0.29, 0.717) is 38.2 Å². The average Bonchev–Trinajstić information content (AvgIpc) is 2.65. The Kier molecular flexibility index (Phi) is 6.06. The minimum absolute atomic E-state index is 0.0118. The van der Waals surface area contributed by atoms with Crippen molar-refractivity contribution < 1.29 is 19.5 Å². The van der Waals surface area contributed by atoms with Crippen LogP contribution in [0.4, 0.5) is 0 Å². The van der Waals surface area contributed by atoms with Gasteiger partial charge in [0.05, 0.1) is 11.8 Å². The molecule has 0 aliphatic carbocycles. The van der Waals surface area contributed by atoms with Crippen LogP contribution in [0.15, 0.2) is 18.2 Å². The summed E-state index contributed by atoms with van der Waals surface area (Å²) in [6, 6.07) is 5.85. The van der Waals surface area contributed by atoms with Crippen molar-refractivity contribution in [2.75, 3.05) is 26.2 Å². The molecule has 0 spiro atoms. The summed E-state index contributed by atoms with van der Waals surface area (Å²) in [6.45, 7) is 7.95. The van der Waals surface area contributed by atoms with Gasteiger partial charge in [0.15, 0.2) is 0 Å². The van der Waals surface area contributed by atoms with Gasteiger partial charge in [0.1, 0.15) is 0 Å². The van der Waals surface area contributed by atoms with Crippen molar-refractivity contribution in [1.82, 2.24) is 9.80 Å². The van der Waals surface area contributed by atoms with Crippen LogP contribution in [-0.2, 0) is 9.59 Å². The number of carboxylic acid groups (broad SMARTS) is 1. The van der Waals surface area contributed by atoms with E-state index in [1.54, 1.807) is 9.80 Å². The molecule has 2 heterocycles. The van der Waals surface area contributed by atoms with Crippen LogP contribution in [0.1, 0.15) is 47.7 Å². The summed E-state index contributed by atoms with van der Waals surface area (Å²) >= 11 is 0. The van der Waals surface area contributed by atoms with Crippen LogP contribution in [0.2, 0.25) is 0 Å². The molecule has 0 radical (unpaired) electrons. The zero-order chi connectivity index (χ0) is 20.4. The Morgan fingerprint density at radius 1 is 0.964 bits per heavy atom. The highest BCUT2D eigenvalue weighted by atomic mass is 16.4. The predicted octanol–water partition coefficient (Wildman–Crippen LogP) is 2.72. The zero-order valence-electron chi connectivity index (χ0n) is 17.0. The monoisotopic (exact) mass is 386 g/mol. The van der Waals surface area contributed by atoms with E-state index >= 15 is 0 Å². The lowest BCUT2D eigenvalue weighted by Crippen LogP contribution is -2.51. The van der Waals surface area contributed by atoms with E-state index in [-0.39, 0.29) is 29.6 Å². The molecule has 152 valence electrons. The van der Waals surface area contributed by atoms with Gasteiger partial charge in [-0.3, -0.25) is 14.4 Å². The Morgan fingerprint density at radius 3 is 2.25 bits per heavy atom. The van der Waals surface area contributed by atoms with Gasteiger partial charge in [-0.1, -0.05) is 24.1 Å². The van der Waals surface area contributed by atoms with Gasteiger partial charge < -0.3 is 14.9 Å². The topological polar surface area (TPSA) is 77.9 Å². The second kappa shape index (κ2) is 8.33. The van der Waals surface area contributed by atoms with Gasteiger partial charge in [0.2, 0.25) is 5.91 Å². The molecule has 3 atom stereocenters. The van der Waals surface area contributed by atoms with Crippen LogP contribution in [0.25, 0.3) is 0 Å². The third kappa shape index (κ3) is 4.37. The van der Waals surface area contributed by atoms with E-state index in [4.69, 9.17) is 0 Å². The minimum atomic E-state index is -0.775. The first kappa shape index (κ1) is 20.4. The quantitative estimate of drug-likeness (QED) is 0.866. The Labute approximate surface area is 166 Å². The number of carboxylic acids is 1. The lowest BCUT2D eigenvalue weighted by molar-refractivity contribution is -0.150. The standard InChI is InChI=1S/C22H30N2O4/c1-14-9-15(2)11-18(10-14)21(26)23-7-4-5-17(13-23)20(25)24-8-6-19(22(27)28)16(3)12-24/h9-11,16-17,19H,4-8,12-13H2,1-3H3,(H,27,28). The molecule has 6 nitrogen and oxygen atoms in total. The minimum Gasteiger partial charge on any atom is -0.481 e. The number of piperidine rings is 2. The summed E-state index contributed by atoms with van der Waals surface area (Å²) in [5.74, 6) is -1.35. The molecule has 1 aromatic carbocycles. The molecule has 3 rings (SSSR count). The summed E-state index contributed by atoms with van der Waals surface area (Å²) in [4.78, 5) is 40.9. The molecular weight excluding hydrogens is 356 g/mol. The van der Waals surface area contributed by atoms with Crippen LogP contribution in [-0.4, -0.2) is 58.9 Å². The molecule has 1 aromatic rings. The molecule has 1 N–H and O–H groups in total. The Morgan fingerprint density at radius 2 is 1.64 bits per heavy atom. The van der Waals surface area contributed by atoms with Crippen LogP contribution in [0.5, 0.6) is 0 Å². The molecule has 2 aliphatic heterocycles. The van der Waals surface area contributed by atoms with Gasteiger partial charge in [0.25, 0.3) is 5.91 Å². The Bertz CT molecular complexity index is 756. The third-order valence-corrected chi connectivity index (χ3v) is 6.06. The molecule has 28 heavy (non-hydrogen) atoms. The normalized spacial score (nSPS) is 25.5. The van der Waals surface area contributed by atoms with Gasteiger partial charge in [-0.2, -0.15) is 0 Å². The van der Waals surface area contributed by atoms with E-state index in [1.807, 2.05) is 39.0 Å². The molecule has 0 saturated carbocycles. The van der Waals surface area contributed by atoms with Crippen LogP contribution >= 0.6 is 0 Å². The Hall–Kier alpha value is -2.37. The fourth-order valence-corrected chi connectivity index (χ4v) is 4.61. The summed E-state index contributed by atoms with van der Waals surface area (Å²) in [6.07, 6.45) is 2.09. The summed E-state index contributed by atoms with van der Waals surface area (Å²) in [5, 5.41) is 9.28. The number of aryl methyl sites for hydroxylation is 2. The molecule has 0 bridgehead atoms. The number of carbonyl (C=O) groups excluding carboxylic acids is 2. The van der Waals surface area contributed by atoms with Crippen LogP contribution < -0.4 is 0 Å². The largest absolute Gasteiger partial charge is 0.481 e. The van der Waals surface area contributed by atoms with Gasteiger partial charge in [-0.05, 0) is 51.2 Å². The van der Waals surface area contributed by atoms with Crippen LogP contribution in [0.3, 0.4) is 0 Å². The molecule has 2 fully saturated rings. The van der Waals surface area contributed by atoms with Crippen molar-refractivity contribution in [3.63, 3.8) is 0 Å². The maximum Gasteiger partial charge on any atom is 0.306 e. The van der Waals surface area contributed by atoms with Crippen LogP contribution in [0, 0.1) is 31.6 Å². The second-order valence-electron chi connectivity index (χ2n) is 8.46. The Balaban J connectivity index is 1.65. The van der Waals surface area contributed by atoms with E-state index in [2.05, 4.69) is 0 Å². The zero-order valence-corrected chi connectivity index (χ0v) is 17.0. The maximum absolute atomic E-state index is 13.0. The van der Waals surface area contributed by atoms with Crippen molar-refractivity contribution in [3.8, 4) is 0 Å². The average molecular weight is 386 g/mol. The summed E-state index contributed by atoms with van der Waals surface area (Å²) in [7, 11) is 0. The summed E-state index contributed by atoms with van der Waals surface area (Å²) in [5.41, 5.74) is 2.80. The molecule has 2 aliphatic rings. The molecule has 2 saturated heterocycles. The van der Waals surface area contributed by atoms with Gasteiger partial charge in [0, 0.05) is 31.7 Å². The van der Waals surface area contributed by atoms with Crippen molar-refractivity contribution in [2.24, 2.45) is 17.8 Å². The highest BCUT2D eigenvalue weighted by Crippen LogP contribution is 2.27. The maximum atomic E-state index is 13.0. The number of amides is 2. The van der Waals surface area contributed by atoms with Crippen molar-refractivity contribution in [3.05, 3.63) is 34.9 Å². The fourth-order valence-electron chi connectivity index (χ4n) is 4.61. The predicted molar refractivity (Wildman–Crippen MR) is 106 cm³/mol. The third-order valence-electron chi connectivity index (χ3n) is 6.06. The van der Waals surface area contributed by atoms with Crippen molar-refractivity contribution >= 4 is 17.8 Å². The first-order valence-electron chi connectivity index (χ1n) is 10.2. The second-order valence-corrected chi connectivity index (χ2v) is 8.46. The smallest absolute Gasteiger partial charge is 0.306 e. The number of carbonyl (C=O) groups is 3.